The third kappa shape index (κ3) is 6.38. The zero-order valence-electron chi connectivity index (χ0n) is 18.5. The lowest BCUT2D eigenvalue weighted by molar-refractivity contribution is -0.143. The van der Waals surface area contributed by atoms with Crippen LogP contribution in [0.3, 0.4) is 0 Å². The van der Waals surface area contributed by atoms with Gasteiger partial charge in [0.2, 0.25) is 0 Å². The van der Waals surface area contributed by atoms with E-state index in [1.807, 2.05) is 48.7 Å². The second kappa shape index (κ2) is 11.2. The molecule has 4 rings (SSSR count). The third-order valence-corrected chi connectivity index (χ3v) is 5.76. The van der Waals surface area contributed by atoms with Crippen molar-refractivity contribution in [3.05, 3.63) is 72.7 Å². The van der Waals surface area contributed by atoms with Crippen molar-refractivity contribution in [2.45, 2.75) is 32.1 Å². The van der Waals surface area contributed by atoms with Gasteiger partial charge in [0.25, 0.3) is 5.91 Å². The van der Waals surface area contributed by atoms with E-state index in [0.29, 0.717) is 18.2 Å². The fourth-order valence-corrected chi connectivity index (χ4v) is 3.99. The highest BCUT2D eigenvalue weighted by Gasteiger charge is 2.15. The van der Waals surface area contributed by atoms with Crippen molar-refractivity contribution in [1.29, 1.82) is 0 Å². The average molecular weight is 445 g/mol. The van der Waals surface area contributed by atoms with Gasteiger partial charge >= 0.3 is 5.97 Å². The summed E-state index contributed by atoms with van der Waals surface area (Å²) in [6.45, 7) is 0.369. The molecule has 0 saturated heterocycles. The fourth-order valence-electron chi connectivity index (χ4n) is 3.99. The normalized spacial score (nSPS) is 14.3. The van der Waals surface area contributed by atoms with Gasteiger partial charge in [-0.3, -0.25) is 9.78 Å². The Morgan fingerprint density at radius 1 is 1.09 bits per heavy atom. The molecule has 0 unspecified atom stereocenters. The summed E-state index contributed by atoms with van der Waals surface area (Å²) in [5.74, 6) is -0.312. The number of para-hydroxylation sites is 1. The lowest BCUT2D eigenvalue weighted by Gasteiger charge is -2.21. The van der Waals surface area contributed by atoms with E-state index >= 15 is 0 Å². The first-order valence-corrected chi connectivity index (χ1v) is 11.4. The number of esters is 1. The van der Waals surface area contributed by atoms with Gasteiger partial charge in [-0.1, -0.05) is 37.5 Å². The van der Waals surface area contributed by atoms with Gasteiger partial charge in [0.1, 0.15) is 5.69 Å². The molecule has 1 aliphatic rings. The minimum absolute atomic E-state index is 0.268. The van der Waals surface area contributed by atoms with Crippen LogP contribution in [0.25, 0.3) is 23.0 Å². The molecule has 1 amide bonds. The standard InChI is InChI=1S/C26H28N4O3/c31-24(28-16-20-8-3-1-4-9-20)19-33-25(32)14-13-22-18-30(23-11-5-2-6-12-23)29-26(22)21-10-7-15-27-17-21/h2,5-7,10-15,17-18,20H,1,3-4,8-9,16,19H2,(H,28,31)/b14-13+. The summed E-state index contributed by atoms with van der Waals surface area (Å²) in [5, 5.41) is 7.55. The van der Waals surface area contributed by atoms with E-state index in [2.05, 4.69) is 15.4 Å². The Balaban J connectivity index is 1.38. The number of ether oxygens (including phenoxy) is 1. The quantitative estimate of drug-likeness (QED) is 0.416. The number of hydrogen-bond donors (Lipinski definition) is 1. The zero-order valence-corrected chi connectivity index (χ0v) is 18.5. The van der Waals surface area contributed by atoms with E-state index in [1.165, 1.54) is 25.3 Å². The van der Waals surface area contributed by atoms with Gasteiger partial charge in [0.05, 0.1) is 5.69 Å². The van der Waals surface area contributed by atoms with Crippen LogP contribution in [0.5, 0.6) is 0 Å². The second-order valence-corrected chi connectivity index (χ2v) is 8.20. The summed E-state index contributed by atoms with van der Waals surface area (Å²) in [4.78, 5) is 28.4. The monoisotopic (exact) mass is 444 g/mol. The summed E-state index contributed by atoms with van der Waals surface area (Å²) in [7, 11) is 0. The molecule has 1 N–H and O–H groups in total. The predicted octanol–water partition coefficient (Wildman–Crippen LogP) is 4.19. The molecule has 3 aromatic rings. The maximum absolute atomic E-state index is 12.2. The molecule has 1 aliphatic carbocycles. The number of pyridine rings is 1. The molecule has 7 heteroatoms. The minimum atomic E-state index is -0.576. The maximum Gasteiger partial charge on any atom is 0.331 e. The van der Waals surface area contributed by atoms with Gasteiger partial charge in [-0.25, -0.2) is 9.48 Å². The van der Waals surface area contributed by atoms with Crippen molar-refractivity contribution < 1.29 is 14.3 Å². The lowest BCUT2D eigenvalue weighted by Crippen LogP contribution is -2.33. The Morgan fingerprint density at radius 3 is 2.67 bits per heavy atom. The Hall–Kier alpha value is -3.74. The molecule has 1 saturated carbocycles. The molecule has 0 bridgehead atoms. The van der Waals surface area contributed by atoms with E-state index < -0.39 is 5.97 Å². The van der Waals surface area contributed by atoms with Gasteiger partial charge < -0.3 is 10.1 Å². The van der Waals surface area contributed by atoms with Crippen LogP contribution >= 0.6 is 0 Å². The van der Waals surface area contributed by atoms with Crippen LogP contribution in [-0.4, -0.2) is 39.8 Å². The Labute approximate surface area is 193 Å². The predicted molar refractivity (Wildman–Crippen MR) is 126 cm³/mol. The van der Waals surface area contributed by atoms with E-state index in [4.69, 9.17) is 4.74 Å². The van der Waals surface area contributed by atoms with Gasteiger partial charge in [0.15, 0.2) is 6.61 Å². The molecule has 2 aromatic heterocycles. The number of carbonyl (C=O) groups excluding carboxylic acids is 2. The summed E-state index contributed by atoms with van der Waals surface area (Å²) in [5.41, 5.74) is 3.17. The molecule has 1 aromatic carbocycles. The first-order chi connectivity index (χ1) is 16.2. The number of carbonyl (C=O) groups is 2. The molecular weight excluding hydrogens is 416 g/mol. The lowest BCUT2D eigenvalue weighted by atomic mass is 9.89. The molecule has 0 spiro atoms. The highest BCUT2D eigenvalue weighted by atomic mass is 16.5. The van der Waals surface area contributed by atoms with Crippen molar-refractivity contribution in [1.82, 2.24) is 20.1 Å². The average Bonchev–Trinajstić information content (AvgIpc) is 3.31. The van der Waals surface area contributed by atoms with Gasteiger partial charge in [-0.15, -0.1) is 0 Å². The van der Waals surface area contributed by atoms with Crippen LogP contribution in [0.2, 0.25) is 0 Å². The summed E-state index contributed by atoms with van der Waals surface area (Å²) in [6, 6.07) is 13.5. The molecular formula is C26H28N4O3. The maximum atomic E-state index is 12.2. The molecule has 0 aliphatic heterocycles. The van der Waals surface area contributed by atoms with Gasteiger partial charge in [-0.05, 0) is 49.1 Å². The second-order valence-electron chi connectivity index (χ2n) is 8.20. The van der Waals surface area contributed by atoms with Crippen molar-refractivity contribution in [2.24, 2.45) is 5.92 Å². The van der Waals surface area contributed by atoms with Gasteiger partial charge in [-0.2, -0.15) is 5.10 Å². The van der Waals surface area contributed by atoms with Crippen LogP contribution < -0.4 is 5.32 Å². The van der Waals surface area contributed by atoms with Crippen LogP contribution in [0.4, 0.5) is 0 Å². The summed E-state index contributed by atoms with van der Waals surface area (Å²) >= 11 is 0. The minimum Gasteiger partial charge on any atom is -0.452 e. The zero-order chi connectivity index (χ0) is 22.9. The number of nitrogens with one attached hydrogen (secondary N) is 1. The molecule has 0 radical (unpaired) electrons. The van der Waals surface area contributed by atoms with E-state index in [1.54, 1.807) is 23.2 Å². The third-order valence-electron chi connectivity index (χ3n) is 5.76. The van der Waals surface area contributed by atoms with Crippen molar-refractivity contribution >= 4 is 18.0 Å². The largest absolute Gasteiger partial charge is 0.452 e. The number of hydrogen-bond acceptors (Lipinski definition) is 5. The number of benzene rings is 1. The first kappa shape index (κ1) is 22.5. The SMILES string of the molecule is O=C(COC(=O)/C=C/c1cn(-c2ccccc2)nc1-c1cccnc1)NCC1CCCCC1. The highest BCUT2D eigenvalue weighted by molar-refractivity contribution is 5.90. The Bertz CT molecular complexity index is 1090. The van der Waals surface area contributed by atoms with Crippen molar-refractivity contribution in [3.63, 3.8) is 0 Å². The number of amides is 1. The first-order valence-electron chi connectivity index (χ1n) is 11.4. The smallest absolute Gasteiger partial charge is 0.331 e. The van der Waals surface area contributed by atoms with E-state index in [-0.39, 0.29) is 12.5 Å². The highest BCUT2D eigenvalue weighted by Crippen LogP contribution is 2.24. The topological polar surface area (TPSA) is 86.1 Å². The number of rotatable bonds is 8. The van der Waals surface area contributed by atoms with Crippen molar-refractivity contribution in [3.8, 4) is 16.9 Å². The molecule has 170 valence electrons. The van der Waals surface area contributed by atoms with Crippen LogP contribution in [0, 0.1) is 5.92 Å². The Morgan fingerprint density at radius 2 is 1.91 bits per heavy atom. The van der Waals surface area contributed by atoms with E-state index in [0.717, 1.165) is 29.7 Å². The molecule has 0 atom stereocenters. The molecule has 1 fully saturated rings. The van der Waals surface area contributed by atoms with Crippen LogP contribution in [0.15, 0.2) is 67.1 Å². The molecule has 7 nitrogen and oxygen atoms in total. The van der Waals surface area contributed by atoms with Crippen LogP contribution in [0.1, 0.15) is 37.7 Å². The fraction of sp³-hybridized carbons (Fsp3) is 0.308. The summed E-state index contributed by atoms with van der Waals surface area (Å²) < 4.78 is 6.88. The number of aromatic nitrogens is 3. The van der Waals surface area contributed by atoms with E-state index in [9.17, 15) is 9.59 Å². The summed E-state index contributed by atoms with van der Waals surface area (Å²) in [6.07, 6.45) is 14.3. The van der Waals surface area contributed by atoms with Crippen LogP contribution in [-0.2, 0) is 14.3 Å². The molecule has 33 heavy (non-hydrogen) atoms. The number of nitrogens with zero attached hydrogens (tertiary/aromatic N) is 3. The Kier molecular flexibility index (Phi) is 7.64. The van der Waals surface area contributed by atoms with Crippen molar-refractivity contribution in [2.75, 3.05) is 13.2 Å². The van der Waals surface area contributed by atoms with Gasteiger partial charge in [0, 0.05) is 42.3 Å². The molecule has 2 heterocycles.